The third-order valence-corrected chi connectivity index (χ3v) is 7.47. The predicted molar refractivity (Wildman–Crippen MR) is 141 cm³/mol. The molecule has 0 radical (unpaired) electrons. The van der Waals surface area contributed by atoms with E-state index in [-0.39, 0.29) is 59.3 Å². The van der Waals surface area contributed by atoms with Crippen LogP contribution in [-0.2, 0) is 22.3 Å². The monoisotopic (exact) mass is 555 g/mol. The number of ether oxygens (including phenoxy) is 4. The normalized spacial score (nSPS) is 11.4. The number of hydrogen-bond acceptors (Lipinski definition) is 11. The van der Waals surface area contributed by atoms with E-state index in [4.69, 9.17) is 28.0 Å². The molecule has 0 bridgehead atoms. The highest BCUT2D eigenvalue weighted by molar-refractivity contribution is 7.44. The minimum absolute atomic E-state index is 0.0260. The predicted octanol–water partition coefficient (Wildman–Crippen LogP) is 5.62. The zero-order valence-corrected chi connectivity index (χ0v) is 23.6. The van der Waals surface area contributed by atoms with Crippen molar-refractivity contribution in [2.75, 3.05) is 28.4 Å². The van der Waals surface area contributed by atoms with Gasteiger partial charge in [-0.05, 0) is 39.8 Å². The SMILES string of the molecule is COc1cc(COP(OCc2cc(OC)c(OC)cc2[N+](=O)[O-])N(C(C)C)C(C)C)c([N+](=O)[O-])cc1OC. The van der Waals surface area contributed by atoms with Gasteiger partial charge in [-0.1, -0.05) is 0 Å². The Kier molecular flexibility index (Phi) is 11.5. The topological polar surface area (TPSA) is 145 Å². The van der Waals surface area contributed by atoms with Crippen LogP contribution in [0.5, 0.6) is 23.0 Å². The van der Waals surface area contributed by atoms with E-state index in [1.165, 1.54) is 52.7 Å². The molecule has 13 nitrogen and oxygen atoms in total. The lowest BCUT2D eigenvalue weighted by Crippen LogP contribution is -2.33. The van der Waals surface area contributed by atoms with Gasteiger partial charge < -0.3 is 28.0 Å². The summed E-state index contributed by atoms with van der Waals surface area (Å²) in [5.41, 5.74) is 0.115. The van der Waals surface area contributed by atoms with Crippen molar-refractivity contribution in [2.24, 2.45) is 0 Å². The lowest BCUT2D eigenvalue weighted by molar-refractivity contribution is -0.386. The number of benzene rings is 2. The maximum absolute atomic E-state index is 11.7. The summed E-state index contributed by atoms with van der Waals surface area (Å²) < 4.78 is 35.2. The van der Waals surface area contributed by atoms with Gasteiger partial charge in [0.1, 0.15) is 0 Å². The van der Waals surface area contributed by atoms with E-state index >= 15 is 0 Å². The molecular weight excluding hydrogens is 521 g/mol. The van der Waals surface area contributed by atoms with E-state index < -0.39 is 18.4 Å². The van der Waals surface area contributed by atoms with Crippen LogP contribution in [0.4, 0.5) is 11.4 Å². The zero-order chi connectivity index (χ0) is 28.6. The van der Waals surface area contributed by atoms with Crippen LogP contribution in [0.15, 0.2) is 24.3 Å². The van der Waals surface area contributed by atoms with Crippen LogP contribution >= 0.6 is 8.53 Å². The van der Waals surface area contributed by atoms with Crippen LogP contribution in [0.25, 0.3) is 0 Å². The number of nitro benzene ring substituents is 2. The molecule has 210 valence electrons. The molecule has 0 atom stereocenters. The molecule has 0 aliphatic rings. The molecule has 2 aromatic carbocycles. The summed E-state index contributed by atoms with van der Waals surface area (Å²) in [5, 5.41) is 23.5. The molecule has 2 aromatic rings. The van der Waals surface area contributed by atoms with Gasteiger partial charge in [0.15, 0.2) is 23.0 Å². The van der Waals surface area contributed by atoms with Gasteiger partial charge in [-0.15, -0.1) is 0 Å². The molecule has 0 spiro atoms. The number of rotatable bonds is 15. The van der Waals surface area contributed by atoms with Crippen LogP contribution in [-0.4, -0.2) is 55.0 Å². The summed E-state index contributed by atoms with van der Waals surface area (Å²) in [5.74, 6) is 1.06. The molecule has 0 saturated heterocycles. The minimum Gasteiger partial charge on any atom is -0.493 e. The smallest absolute Gasteiger partial charge is 0.278 e. The Morgan fingerprint density at radius 2 is 1.00 bits per heavy atom. The average molecular weight is 556 g/mol. The van der Waals surface area contributed by atoms with E-state index in [9.17, 15) is 20.2 Å². The largest absolute Gasteiger partial charge is 0.493 e. The van der Waals surface area contributed by atoms with Gasteiger partial charge in [0.2, 0.25) is 0 Å². The van der Waals surface area contributed by atoms with Crippen LogP contribution in [0.3, 0.4) is 0 Å². The highest BCUT2D eigenvalue weighted by atomic mass is 31.2. The number of nitro groups is 2. The van der Waals surface area contributed by atoms with Gasteiger partial charge in [0.25, 0.3) is 19.9 Å². The van der Waals surface area contributed by atoms with Crippen molar-refractivity contribution in [1.29, 1.82) is 0 Å². The fourth-order valence-corrected chi connectivity index (χ4v) is 5.38. The molecule has 14 heteroatoms. The van der Waals surface area contributed by atoms with E-state index in [0.717, 1.165) is 0 Å². The molecule has 0 saturated carbocycles. The van der Waals surface area contributed by atoms with Crippen molar-refractivity contribution in [1.82, 2.24) is 4.67 Å². The third kappa shape index (κ3) is 7.41. The molecule has 0 N–H and O–H groups in total. The van der Waals surface area contributed by atoms with Crippen molar-refractivity contribution >= 4 is 19.9 Å². The summed E-state index contributed by atoms with van der Waals surface area (Å²) >= 11 is 0. The third-order valence-electron chi connectivity index (χ3n) is 5.47. The highest BCUT2D eigenvalue weighted by Crippen LogP contribution is 2.49. The first kappa shape index (κ1) is 31.0. The van der Waals surface area contributed by atoms with Gasteiger partial charge >= 0.3 is 0 Å². The number of nitrogens with zero attached hydrogens (tertiary/aromatic N) is 3. The molecule has 0 aliphatic heterocycles. The molecular formula is C24H34N3O10P. The lowest BCUT2D eigenvalue weighted by Gasteiger charge is -2.35. The number of methoxy groups -OCH3 is 4. The Morgan fingerprint density at radius 3 is 1.26 bits per heavy atom. The van der Waals surface area contributed by atoms with Crippen molar-refractivity contribution < 1.29 is 37.8 Å². The highest BCUT2D eigenvalue weighted by Gasteiger charge is 2.30. The summed E-state index contributed by atoms with van der Waals surface area (Å²) in [6.07, 6.45) is 0. The molecule has 0 amide bonds. The summed E-state index contributed by atoms with van der Waals surface area (Å²) in [6, 6.07) is 5.47. The second-order valence-corrected chi connectivity index (χ2v) is 9.99. The molecule has 38 heavy (non-hydrogen) atoms. The van der Waals surface area contributed by atoms with Crippen LogP contribution in [0.1, 0.15) is 38.8 Å². The fraction of sp³-hybridized carbons (Fsp3) is 0.500. The van der Waals surface area contributed by atoms with Crippen molar-refractivity contribution in [3.8, 4) is 23.0 Å². The van der Waals surface area contributed by atoms with Crippen LogP contribution in [0, 0.1) is 20.2 Å². The maximum atomic E-state index is 11.7. The molecule has 0 aromatic heterocycles. The molecule has 2 rings (SSSR count). The van der Waals surface area contributed by atoms with Crippen molar-refractivity contribution in [3.05, 3.63) is 55.6 Å². The summed E-state index contributed by atoms with van der Waals surface area (Å²) in [4.78, 5) is 22.4. The Morgan fingerprint density at radius 1 is 0.684 bits per heavy atom. The average Bonchev–Trinajstić information content (AvgIpc) is 2.88. The zero-order valence-electron chi connectivity index (χ0n) is 22.7. The minimum atomic E-state index is -1.82. The maximum Gasteiger partial charge on any atom is 0.278 e. The standard InChI is InChI=1S/C24H34N3O10P/c1-15(2)25(16(3)4)38(36-13-17-9-21(32-5)23(34-7)11-19(17)26(28)29)37-14-18-10-22(33-6)24(35-8)12-20(18)27(30)31/h9-12,15-16H,13-14H2,1-8H3. The Hall–Kier alpha value is -3.25. The van der Waals surface area contributed by atoms with Gasteiger partial charge in [-0.3, -0.25) is 20.2 Å². The second kappa shape index (κ2) is 14.1. The molecule has 0 fully saturated rings. The van der Waals surface area contributed by atoms with Crippen LogP contribution in [0.2, 0.25) is 0 Å². The number of hydrogen-bond donors (Lipinski definition) is 0. The lowest BCUT2D eigenvalue weighted by atomic mass is 10.1. The van der Waals surface area contributed by atoms with Gasteiger partial charge in [-0.2, -0.15) is 0 Å². The first-order valence-corrected chi connectivity index (χ1v) is 12.7. The van der Waals surface area contributed by atoms with Gasteiger partial charge in [0, 0.05) is 12.1 Å². The molecule has 0 unspecified atom stereocenters. The van der Waals surface area contributed by atoms with E-state index in [2.05, 4.69) is 0 Å². The van der Waals surface area contributed by atoms with Crippen molar-refractivity contribution in [2.45, 2.75) is 53.0 Å². The Labute approximate surface area is 222 Å². The second-order valence-electron chi connectivity index (χ2n) is 8.54. The van der Waals surface area contributed by atoms with E-state index in [1.807, 2.05) is 32.4 Å². The van der Waals surface area contributed by atoms with E-state index in [1.54, 1.807) is 0 Å². The van der Waals surface area contributed by atoms with Gasteiger partial charge in [-0.25, -0.2) is 4.67 Å². The summed E-state index contributed by atoms with van der Waals surface area (Å²) in [6.45, 7) is 7.48. The molecule has 0 aliphatic carbocycles. The van der Waals surface area contributed by atoms with E-state index in [0.29, 0.717) is 11.5 Å². The first-order chi connectivity index (χ1) is 18.0. The first-order valence-electron chi connectivity index (χ1n) is 11.6. The summed E-state index contributed by atoms with van der Waals surface area (Å²) in [7, 11) is 3.82. The van der Waals surface area contributed by atoms with Crippen LogP contribution < -0.4 is 18.9 Å². The van der Waals surface area contributed by atoms with Gasteiger partial charge in [0.05, 0.1) is 74.8 Å². The Balaban J connectivity index is 2.44. The van der Waals surface area contributed by atoms with Crippen molar-refractivity contribution in [3.63, 3.8) is 0 Å². The quantitative estimate of drug-likeness (QED) is 0.153. The fourth-order valence-electron chi connectivity index (χ4n) is 3.79. The Bertz CT molecular complexity index is 1040. The molecule has 0 heterocycles.